The summed E-state index contributed by atoms with van der Waals surface area (Å²) in [4.78, 5) is 3.40. The molecule has 0 amide bonds. The molecule has 2 heterocycles. The number of aromatic nitrogens is 1. The Morgan fingerprint density at radius 1 is 0.966 bits per heavy atom. The van der Waals surface area contributed by atoms with E-state index in [0.29, 0.717) is 6.54 Å². The number of H-pyrrole nitrogens is 1. The molecule has 1 unspecified atom stereocenters. The molecule has 4 aromatic rings. The average molecular weight is 390 g/mol. The quantitative estimate of drug-likeness (QED) is 0.444. The van der Waals surface area contributed by atoms with E-state index in [-0.39, 0.29) is 5.92 Å². The van der Waals surface area contributed by atoms with Crippen molar-refractivity contribution < 1.29 is 13.9 Å². The van der Waals surface area contributed by atoms with E-state index in [9.17, 15) is 0 Å². The minimum absolute atomic E-state index is 0.0762. The van der Waals surface area contributed by atoms with E-state index in [0.717, 1.165) is 40.6 Å². The van der Waals surface area contributed by atoms with E-state index in [4.69, 9.17) is 13.9 Å². The number of fused-ring (bicyclic) bond motifs is 1. The van der Waals surface area contributed by atoms with Gasteiger partial charge in [-0.3, -0.25) is 0 Å². The molecule has 0 radical (unpaired) electrons. The van der Waals surface area contributed by atoms with Crippen LogP contribution in [0.1, 0.15) is 28.6 Å². The lowest BCUT2D eigenvalue weighted by molar-refractivity contribution is 0.350. The molecule has 29 heavy (non-hydrogen) atoms. The van der Waals surface area contributed by atoms with Crippen LogP contribution in [0, 0.1) is 6.92 Å². The fourth-order valence-electron chi connectivity index (χ4n) is 3.88. The third kappa shape index (κ3) is 3.87. The normalized spacial score (nSPS) is 12.2. The van der Waals surface area contributed by atoms with Crippen LogP contribution in [0.2, 0.25) is 0 Å². The minimum Gasteiger partial charge on any atom is -0.493 e. The van der Waals surface area contributed by atoms with Gasteiger partial charge >= 0.3 is 0 Å². The van der Waals surface area contributed by atoms with Gasteiger partial charge in [0, 0.05) is 35.1 Å². The van der Waals surface area contributed by atoms with Crippen LogP contribution in [0.4, 0.5) is 0 Å². The van der Waals surface area contributed by atoms with Crippen molar-refractivity contribution in [3.05, 3.63) is 83.4 Å². The molecular weight excluding hydrogens is 364 g/mol. The van der Waals surface area contributed by atoms with Crippen LogP contribution in [0.5, 0.6) is 11.5 Å². The van der Waals surface area contributed by atoms with Crippen molar-refractivity contribution in [2.45, 2.75) is 19.4 Å². The van der Waals surface area contributed by atoms with Crippen molar-refractivity contribution in [1.29, 1.82) is 0 Å². The van der Waals surface area contributed by atoms with Gasteiger partial charge in [0.15, 0.2) is 11.5 Å². The van der Waals surface area contributed by atoms with Gasteiger partial charge in [-0.25, -0.2) is 0 Å². The van der Waals surface area contributed by atoms with Gasteiger partial charge in [-0.2, -0.15) is 0 Å². The smallest absolute Gasteiger partial charge is 0.164 e. The van der Waals surface area contributed by atoms with Gasteiger partial charge in [0.25, 0.3) is 0 Å². The first-order valence-electron chi connectivity index (χ1n) is 9.74. The van der Waals surface area contributed by atoms with Gasteiger partial charge in [-0.1, -0.05) is 30.3 Å². The zero-order chi connectivity index (χ0) is 20.2. The van der Waals surface area contributed by atoms with Crippen LogP contribution in [0.15, 0.2) is 65.2 Å². The lowest BCUT2D eigenvalue weighted by Crippen LogP contribution is -2.22. The molecule has 2 aromatic heterocycles. The average Bonchev–Trinajstić information content (AvgIpc) is 3.36. The van der Waals surface area contributed by atoms with Gasteiger partial charge in [0.05, 0.1) is 20.8 Å². The highest BCUT2D eigenvalue weighted by Crippen LogP contribution is 2.40. The topological polar surface area (TPSA) is 59.4 Å². The van der Waals surface area contributed by atoms with Crippen molar-refractivity contribution in [3.8, 4) is 11.5 Å². The second-order valence-corrected chi connectivity index (χ2v) is 7.07. The predicted octanol–water partition coefficient (Wildman–Crippen LogP) is 5.01. The van der Waals surface area contributed by atoms with Crippen molar-refractivity contribution in [1.82, 2.24) is 10.3 Å². The molecule has 0 aliphatic carbocycles. The summed E-state index contributed by atoms with van der Waals surface area (Å²) in [5, 5.41) is 4.76. The predicted molar refractivity (Wildman–Crippen MR) is 115 cm³/mol. The molecule has 0 bridgehead atoms. The van der Waals surface area contributed by atoms with Gasteiger partial charge in [-0.05, 0) is 36.8 Å². The highest BCUT2D eigenvalue weighted by Gasteiger charge is 2.23. The Bertz CT molecular complexity index is 1100. The van der Waals surface area contributed by atoms with E-state index in [1.54, 1.807) is 14.2 Å². The number of nitrogens with one attached hydrogen (secondary N) is 2. The number of rotatable bonds is 8. The van der Waals surface area contributed by atoms with Crippen molar-refractivity contribution in [2.24, 2.45) is 0 Å². The summed E-state index contributed by atoms with van der Waals surface area (Å²) in [5.41, 5.74) is 3.42. The molecular formula is C24H26N2O3. The third-order valence-corrected chi connectivity index (χ3v) is 5.25. The van der Waals surface area contributed by atoms with Crippen LogP contribution in [-0.4, -0.2) is 25.7 Å². The van der Waals surface area contributed by atoms with Crippen LogP contribution in [-0.2, 0) is 6.54 Å². The SMILES string of the molecule is COc1cccc(C(CNCc2ccc(C)o2)c2c[nH]c3ccccc23)c1OC. The van der Waals surface area contributed by atoms with Gasteiger partial charge < -0.3 is 24.2 Å². The van der Waals surface area contributed by atoms with Crippen LogP contribution < -0.4 is 14.8 Å². The number of aryl methyl sites for hydroxylation is 1. The molecule has 1 atom stereocenters. The molecule has 0 aliphatic heterocycles. The standard InChI is InChI=1S/C24H26N2O3/c1-16-11-12-17(29-16)13-25-14-20(19-8-6-10-23(27-2)24(19)28-3)21-15-26-22-9-5-4-7-18(21)22/h4-12,15,20,25-26H,13-14H2,1-3H3. The Morgan fingerprint density at radius 3 is 2.59 bits per heavy atom. The Labute approximate surface area is 170 Å². The Balaban J connectivity index is 1.71. The minimum atomic E-state index is 0.0762. The van der Waals surface area contributed by atoms with Gasteiger partial charge in [0.1, 0.15) is 11.5 Å². The Hall–Kier alpha value is -3.18. The number of furan rings is 1. The number of benzene rings is 2. The number of para-hydroxylation sites is 2. The molecule has 0 spiro atoms. The number of methoxy groups -OCH3 is 2. The van der Waals surface area contributed by atoms with Crippen LogP contribution in [0.25, 0.3) is 10.9 Å². The number of aromatic amines is 1. The zero-order valence-corrected chi connectivity index (χ0v) is 17.0. The molecule has 5 heteroatoms. The Morgan fingerprint density at radius 2 is 1.83 bits per heavy atom. The lowest BCUT2D eigenvalue weighted by atomic mass is 9.90. The molecule has 2 aromatic carbocycles. The maximum Gasteiger partial charge on any atom is 0.164 e. The fraction of sp³-hybridized carbons (Fsp3) is 0.250. The van der Waals surface area contributed by atoms with Gasteiger partial charge in [0.2, 0.25) is 0 Å². The van der Waals surface area contributed by atoms with E-state index in [1.165, 1.54) is 10.9 Å². The van der Waals surface area contributed by atoms with E-state index < -0.39 is 0 Å². The van der Waals surface area contributed by atoms with Crippen LogP contribution in [0.3, 0.4) is 0 Å². The lowest BCUT2D eigenvalue weighted by Gasteiger charge is -2.22. The van der Waals surface area contributed by atoms with Crippen molar-refractivity contribution in [2.75, 3.05) is 20.8 Å². The molecule has 0 saturated carbocycles. The summed E-state index contributed by atoms with van der Waals surface area (Å²) in [6, 6.07) is 18.4. The second kappa shape index (κ2) is 8.45. The summed E-state index contributed by atoms with van der Waals surface area (Å²) < 4.78 is 17.0. The first kappa shape index (κ1) is 19.2. The summed E-state index contributed by atoms with van der Waals surface area (Å²) in [5.74, 6) is 3.42. The van der Waals surface area contributed by atoms with Crippen molar-refractivity contribution in [3.63, 3.8) is 0 Å². The largest absolute Gasteiger partial charge is 0.493 e. The van der Waals surface area contributed by atoms with E-state index in [1.807, 2.05) is 37.3 Å². The summed E-state index contributed by atoms with van der Waals surface area (Å²) in [7, 11) is 3.35. The molecule has 0 aliphatic rings. The maximum atomic E-state index is 5.74. The zero-order valence-electron chi connectivity index (χ0n) is 17.0. The molecule has 0 saturated heterocycles. The third-order valence-electron chi connectivity index (χ3n) is 5.25. The molecule has 4 rings (SSSR count). The van der Waals surface area contributed by atoms with Gasteiger partial charge in [-0.15, -0.1) is 0 Å². The molecule has 2 N–H and O–H groups in total. The second-order valence-electron chi connectivity index (χ2n) is 7.07. The molecule has 0 fully saturated rings. The molecule has 150 valence electrons. The van der Waals surface area contributed by atoms with E-state index in [2.05, 4.69) is 40.8 Å². The monoisotopic (exact) mass is 390 g/mol. The van der Waals surface area contributed by atoms with E-state index >= 15 is 0 Å². The summed E-state index contributed by atoms with van der Waals surface area (Å²) in [6.45, 7) is 3.35. The maximum absolute atomic E-state index is 5.74. The van der Waals surface area contributed by atoms with Crippen molar-refractivity contribution >= 4 is 10.9 Å². The summed E-state index contributed by atoms with van der Waals surface area (Å²) >= 11 is 0. The number of hydrogen-bond donors (Lipinski definition) is 2. The fourth-order valence-corrected chi connectivity index (χ4v) is 3.88. The Kier molecular flexibility index (Phi) is 5.58. The molecule has 5 nitrogen and oxygen atoms in total. The first-order valence-corrected chi connectivity index (χ1v) is 9.74. The number of ether oxygens (including phenoxy) is 2. The highest BCUT2D eigenvalue weighted by atomic mass is 16.5. The first-order chi connectivity index (χ1) is 14.2. The highest BCUT2D eigenvalue weighted by molar-refractivity contribution is 5.84. The summed E-state index contributed by atoms with van der Waals surface area (Å²) in [6.07, 6.45) is 2.09. The van der Waals surface area contributed by atoms with Crippen LogP contribution >= 0.6 is 0 Å². The number of hydrogen-bond acceptors (Lipinski definition) is 4.